The second-order valence-electron chi connectivity index (χ2n) is 7.80. The van der Waals surface area contributed by atoms with Crippen molar-refractivity contribution in [3.63, 3.8) is 0 Å². The molecule has 1 aromatic carbocycles. The zero-order chi connectivity index (χ0) is 18.1. The molecule has 1 N–H and O–H groups in total. The van der Waals surface area contributed by atoms with Crippen LogP contribution in [0, 0.1) is 0 Å². The molecular formula is C19H33BrN2O2S. The van der Waals surface area contributed by atoms with E-state index in [0.29, 0.717) is 6.61 Å². The summed E-state index contributed by atoms with van der Waals surface area (Å²) in [6.07, 6.45) is 1.81. The van der Waals surface area contributed by atoms with Gasteiger partial charge in [0.2, 0.25) is 0 Å². The molecule has 0 unspecified atom stereocenters. The van der Waals surface area contributed by atoms with Gasteiger partial charge in [0.15, 0.2) is 0 Å². The van der Waals surface area contributed by atoms with Crippen molar-refractivity contribution in [2.45, 2.75) is 38.8 Å². The molecule has 0 aliphatic rings. The van der Waals surface area contributed by atoms with Gasteiger partial charge in [-0.25, -0.2) is 4.79 Å². The SMILES string of the molecule is CC(C)(CCSCCC[N+](C)(C)C)NC(=O)OCc1ccccc1.[Br-]. The number of ether oxygens (including phenoxy) is 1. The highest BCUT2D eigenvalue weighted by Crippen LogP contribution is 2.15. The fourth-order valence-electron chi connectivity index (χ4n) is 2.17. The fourth-order valence-corrected chi connectivity index (χ4v) is 3.36. The molecule has 6 heteroatoms. The van der Waals surface area contributed by atoms with Crippen molar-refractivity contribution in [1.82, 2.24) is 5.32 Å². The average molecular weight is 433 g/mol. The Kier molecular flexibility index (Phi) is 11.5. The molecule has 0 aromatic heterocycles. The second kappa shape index (κ2) is 11.8. The topological polar surface area (TPSA) is 38.3 Å². The van der Waals surface area contributed by atoms with E-state index in [1.165, 1.54) is 18.7 Å². The van der Waals surface area contributed by atoms with E-state index in [1.807, 2.05) is 55.9 Å². The van der Waals surface area contributed by atoms with E-state index < -0.39 is 0 Å². The van der Waals surface area contributed by atoms with Gasteiger partial charge in [0.25, 0.3) is 0 Å². The summed E-state index contributed by atoms with van der Waals surface area (Å²) in [6, 6.07) is 9.73. The minimum Gasteiger partial charge on any atom is -1.00 e. The zero-order valence-electron chi connectivity index (χ0n) is 16.2. The minimum atomic E-state index is -0.348. The van der Waals surface area contributed by atoms with E-state index in [4.69, 9.17) is 4.74 Å². The van der Waals surface area contributed by atoms with E-state index in [-0.39, 0.29) is 28.6 Å². The van der Waals surface area contributed by atoms with E-state index in [1.54, 1.807) is 0 Å². The lowest BCUT2D eigenvalue weighted by Crippen LogP contribution is -3.00. The summed E-state index contributed by atoms with van der Waals surface area (Å²) in [5.74, 6) is 2.22. The number of hydrogen-bond acceptors (Lipinski definition) is 3. The van der Waals surface area contributed by atoms with E-state index in [0.717, 1.165) is 22.2 Å². The van der Waals surface area contributed by atoms with Crippen LogP contribution in [0.1, 0.15) is 32.3 Å². The predicted octanol–water partition coefficient (Wildman–Crippen LogP) is 0.915. The van der Waals surface area contributed by atoms with Gasteiger partial charge in [-0.2, -0.15) is 11.8 Å². The molecule has 0 saturated carbocycles. The maximum atomic E-state index is 11.9. The van der Waals surface area contributed by atoms with Crippen LogP contribution in [0.25, 0.3) is 0 Å². The van der Waals surface area contributed by atoms with Crippen molar-refractivity contribution in [1.29, 1.82) is 0 Å². The number of rotatable bonds is 10. The third-order valence-electron chi connectivity index (χ3n) is 3.64. The Morgan fingerprint density at radius 1 is 1.16 bits per heavy atom. The summed E-state index contributed by atoms with van der Waals surface area (Å²) in [4.78, 5) is 11.9. The number of carbonyl (C=O) groups is 1. The molecule has 0 saturated heterocycles. The maximum Gasteiger partial charge on any atom is 0.407 e. The molecule has 144 valence electrons. The molecule has 0 spiro atoms. The number of nitrogens with zero attached hydrogens (tertiary/aromatic N) is 1. The number of thioether (sulfide) groups is 1. The van der Waals surface area contributed by atoms with Crippen molar-refractivity contribution in [2.24, 2.45) is 0 Å². The molecular weight excluding hydrogens is 400 g/mol. The van der Waals surface area contributed by atoms with E-state index >= 15 is 0 Å². The third kappa shape index (κ3) is 13.2. The summed E-state index contributed by atoms with van der Waals surface area (Å²) in [6.45, 7) is 5.59. The average Bonchev–Trinajstić information content (AvgIpc) is 2.48. The van der Waals surface area contributed by atoms with Crippen LogP contribution in [-0.2, 0) is 11.3 Å². The van der Waals surface area contributed by atoms with Crippen LogP contribution in [0.5, 0.6) is 0 Å². The van der Waals surface area contributed by atoms with Gasteiger partial charge in [-0.3, -0.25) is 0 Å². The first kappa shape index (κ1) is 24.3. The van der Waals surface area contributed by atoms with Gasteiger partial charge < -0.3 is 31.5 Å². The predicted molar refractivity (Wildman–Crippen MR) is 103 cm³/mol. The van der Waals surface area contributed by atoms with Crippen LogP contribution >= 0.6 is 11.8 Å². The zero-order valence-corrected chi connectivity index (χ0v) is 18.6. The first-order valence-corrected chi connectivity index (χ1v) is 9.70. The number of benzene rings is 1. The highest BCUT2D eigenvalue weighted by molar-refractivity contribution is 7.99. The Labute approximate surface area is 168 Å². The summed E-state index contributed by atoms with van der Waals surface area (Å²) in [7, 11) is 6.66. The molecule has 1 aromatic rings. The van der Waals surface area contributed by atoms with Gasteiger partial charge in [0.05, 0.1) is 27.7 Å². The molecule has 0 bridgehead atoms. The Bertz CT molecular complexity index is 490. The number of alkyl carbamates (subject to hydrolysis) is 1. The summed E-state index contributed by atoms with van der Waals surface area (Å²) < 4.78 is 6.30. The summed E-state index contributed by atoms with van der Waals surface area (Å²) in [5.41, 5.74) is 0.749. The Morgan fingerprint density at radius 3 is 2.40 bits per heavy atom. The number of halogens is 1. The van der Waals surface area contributed by atoms with Gasteiger partial charge in [-0.05, 0) is 37.3 Å². The van der Waals surface area contributed by atoms with Crippen LogP contribution in [0.2, 0.25) is 0 Å². The van der Waals surface area contributed by atoms with Crippen LogP contribution in [0.4, 0.5) is 4.79 Å². The summed E-state index contributed by atoms with van der Waals surface area (Å²) in [5, 5.41) is 2.96. The molecule has 1 amide bonds. The van der Waals surface area contributed by atoms with Gasteiger partial charge >= 0.3 is 6.09 Å². The van der Waals surface area contributed by atoms with Crippen LogP contribution in [0.3, 0.4) is 0 Å². The normalized spacial score (nSPS) is 11.6. The van der Waals surface area contributed by atoms with Crippen LogP contribution < -0.4 is 22.3 Å². The first-order valence-electron chi connectivity index (χ1n) is 8.55. The lowest BCUT2D eigenvalue weighted by molar-refractivity contribution is -0.870. The standard InChI is InChI=1S/C19H32N2O2S.BrH/c1-19(2,12-15-24-14-9-13-21(3,4)5)20-18(22)23-16-17-10-7-6-8-11-17;/h6-8,10-11H,9,12-16H2,1-5H3;1H. The molecule has 0 atom stereocenters. The van der Waals surface area contributed by atoms with Crippen LogP contribution in [0.15, 0.2) is 30.3 Å². The first-order chi connectivity index (χ1) is 11.2. The van der Waals surface area contributed by atoms with Crippen molar-refractivity contribution in [2.75, 3.05) is 39.2 Å². The maximum absolute atomic E-state index is 11.9. The lowest BCUT2D eigenvalue weighted by Gasteiger charge is -2.26. The molecule has 1 rings (SSSR count). The molecule has 0 aliphatic carbocycles. The number of nitrogens with one attached hydrogen (secondary N) is 1. The Hall–Kier alpha value is -0.720. The highest BCUT2D eigenvalue weighted by atomic mass is 79.9. The molecule has 0 fully saturated rings. The largest absolute Gasteiger partial charge is 1.00 e. The van der Waals surface area contributed by atoms with Gasteiger partial charge in [-0.15, -0.1) is 0 Å². The smallest absolute Gasteiger partial charge is 0.407 e. The van der Waals surface area contributed by atoms with Gasteiger partial charge in [0, 0.05) is 12.0 Å². The van der Waals surface area contributed by atoms with Crippen molar-refractivity contribution in [3.8, 4) is 0 Å². The second-order valence-corrected chi connectivity index (χ2v) is 9.03. The van der Waals surface area contributed by atoms with E-state index in [9.17, 15) is 4.79 Å². The van der Waals surface area contributed by atoms with Crippen molar-refractivity contribution >= 4 is 17.9 Å². The Morgan fingerprint density at radius 2 is 1.80 bits per heavy atom. The third-order valence-corrected chi connectivity index (χ3v) is 4.71. The number of carbonyl (C=O) groups excluding carboxylic acids is 1. The summed E-state index contributed by atoms with van der Waals surface area (Å²) >= 11 is 1.96. The van der Waals surface area contributed by atoms with Gasteiger partial charge in [0.1, 0.15) is 6.61 Å². The van der Waals surface area contributed by atoms with Crippen molar-refractivity contribution < 1.29 is 31.0 Å². The molecule has 25 heavy (non-hydrogen) atoms. The lowest BCUT2D eigenvalue weighted by atomic mass is 10.0. The number of hydrogen-bond donors (Lipinski definition) is 1. The highest BCUT2D eigenvalue weighted by Gasteiger charge is 2.21. The molecule has 4 nitrogen and oxygen atoms in total. The minimum absolute atomic E-state index is 0. The quantitative estimate of drug-likeness (QED) is 0.441. The number of amides is 1. The van der Waals surface area contributed by atoms with Crippen LogP contribution in [-0.4, -0.2) is 55.3 Å². The fraction of sp³-hybridized carbons (Fsp3) is 0.632. The molecule has 0 aliphatic heterocycles. The number of quaternary nitrogens is 1. The molecule has 0 heterocycles. The monoisotopic (exact) mass is 432 g/mol. The van der Waals surface area contributed by atoms with Gasteiger partial charge in [-0.1, -0.05) is 30.3 Å². The Balaban J connectivity index is 0.00000576. The molecule has 0 radical (unpaired) electrons. The van der Waals surface area contributed by atoms with E-state index in [2.05, 4.69) is 26.5 Å². The van der Waals surface area contributed by atoms with Crippen molar-refractivity contribution in [3.05, 3.63) is 35.9 Å².